The SMILES string of the molecule is CCCc1csc(NC(=O)CCc2nc3sc4c(c3c(=O)[nH]2)CCCC4)n1. The average molecular weight is 403 g/mol. The highest BCUT2D eigenvalue weighted by Crippen LogP contribution is 2.33. The van der Waals surface area contributed by atoms with E-state index in [1.54, 1.807) is 11.3 Å². The summed E-state index contributed by atoms with van der Waals surface area (Å²) in [4.78, 5) is 38.7. The van der Waals surface area contributed by atoms with Crippen LogP contribution in [0.15, 0.2) is 10.2 Å². The van der Waals surface area contributed by atoms with Crippen LogP contribution in [0.1, 0.15) is 54.6 Å². The number of nitrogens with one attached hydrogen (secondary N) is 2. The van der Waals surface area contributed by atoms with E-state index >= 15 is 0 Å². The molecule has 6 nitrogen and oxygen atoms in total. The summed E-state index contributed by atoms with van der Waals surface area (Å²) in [6.45, 7) is 2.10. The van der Waals surface area contributed by atoms with Gasteiger partial charge in [0.25, 0.3) is 5.56 Å². The third kappa shape index (κ3) is 3.96. The van der Waals surface area contributed by atoms with Crippen molar-refractivity contribution < 1.29 is 4.79 Å². The number of anilines is 1. The number of hydrogen-bond donors (Lipinski definition) is 2. The van der Waals surface area contributed by atoms with E-state index in [4.69, 9.17) is 0 Å². The Hall–Kier alpha value is -2.06. The maximum Gasteiger partial charge on any atom is 0.259 e. The second-order valence-corrected chi connectivity index (χ2v) is 8.79. The normalized spacial score (nSPS) is 13.7. The van der Waals surface area contributed by atoms with Crippen molar-refractivity contribution in [3.05, 3.63) is 37.7 Å². The van der Waals surface area contributed by atoms with E-state index in [1.165, 1.54) is 28.2 Å². The standard InChI is InChI=1S/C19H22N4O2S2/c1-2-5-11-10-26-19(20-11)23-15(24)9-8-14-21-17(25)16-12-6-3-4-7-13(12)27-18(16)22-14/h10H,2-9H2,1H3,(H,20,23,24)(H,21,22,25). The largest absolute Gasteiger partial charge is 0.310 e. The molecule has 0 saturated carbocycles. The zero-order chi connectivity index (χ0) is 18.8. The number of carbonyl (C=O) groups is 1. The smallest absolute Gasteiger partial charge is 0.259 e. The molecule has 3 aromatic heterocycles. The first-order valence-corrected chi connectivity index (χ1v) is 11.1. The molecular weight excluding hydrogens is 380 g/mol. The lowest BCUT2D eigenvalue weighted by atomic mass is 9.97. The molecule has 8 heteroatoms. The first-order valence-electron chi connectivity index (χ1n) is 9.41. The van der Waals surface area contributed by atoms with Crippen LogP contribution in [0.5, 0.6) is 0 Å². The number of aromatic amines is 1. The van der Waals surface area contributed by atoms with Crippen LogP contribution in [0, 0.1) is 0 Å². The zero-order valence-electron chi connectivity index (χ0n) is 15.3. The molecule has 0 unspecified atom stereocenters. The fraction of sp³-hybridized carbons (Fsp3) is 0.474. The predicted molar refractivity (Wildman–Crippen MR) is 110 cm³/mol. The van der Waals surface area contributed by atoms with Crippen molar-refractivity contribution >= 4 is 43.9 Å². The first kappa shape index (κ1) is 18.3. The van der Waals surface area contributed by atoms with Crippen molar-refractivity contribution in [3.63, 3.8) is 0 Å². The number of hydrogen-bond acceptors (Lipinski definition) is 6. The maximum atomic E-state index is 12.5. The molecule has 1 aliphatic carbocycles. The lowest BCUT2D eigenvalue weighted by Crippen LogP contribution is -2.16. The molecule has 0 saturated heterocycles. The Morgan fingerprint density at radius 3 is 2.96 bits per heavy atom. The summed E-state index contributed by atoms with van der Waals surface area (Å²) in [5, 5.41) is 6.20. The molecule has 0 aliphatic heterocycles. The van der Waals surface area contributed by atoms with Crippen molar-refractivity contribution in [3.8, 4) is 0 Å². The van der Waals surface area contributed by atoms with Crippen LogP contribution in [0.4, 0.5) is 5.13 Å². The molecule has 0 atom stereocenters. The molecule has 0 aromatic carbocycles. The molecule has 0 spiro atoms. The average Bonchev–Trinajstić information content (AvgIpc) is 3.24. The molecular formula is C19H22N4O2S2. The van der Waals surface area contributed by atoms with Gasteiger partial charge in [-0.2, -0.15) is 0 Å². The molecule has 27 heavy (non-hydrogen) atoms. The van der Waals surface area contributed by atoms with Gasteiger partial charge in [0.2, 0.25) is 5.91 Å². The highest BCUT2D eigenvalue weighted by Gasteiger charge is 2.20. The lowest BCUT2D eigenvalue weighted by Gasteiger charge is -2.09. The Morgan fingerprint density at radius 2 is 2.11 bits per heavy atom. The third-order valence-corrected chi connectivity index (χ3v) is 6.76. The fourth-order valence-electron chi connectivity index (χ4n) is 3.48. The van der Waals surface area contributed by atoms with Crippen molar-refractivity contribution in [1.29, 1.82) is 0 Å². The zero-order valence-corrected chi connectivity index (χ0v) is 16.9. The number of rotatable bonds is 6. The number of H-pyrrole nitrogens is 1. The van der Waals surface area contributed by atoms with Crippen LogP contribution in [-0.2, 0) is 30.5 Å². The van der Waals surface area contributed by atoms with E-state index in [-0.39, 0.29) is 17.9 Å². The second kappa shape index (κ2) is 7.90. The van der Waals surface area contributed by atoms with Crippen LogP contribution >= 0.6 is 22.7 Å². The molecule has 3 aromatic rings. The minimum Gasteiger partial charge on any atom is -0.310 e. The molecule has 4 rings (SSSR count). The number of fused-ring (bicyclic) bond motifs is 3. The Bertz CT molecular complexity index is 1030. The Balaban J connectivity index is 1.44. The molecule has 0 radical (unpaired) electrons. The Labute approximate surface area is 165 Å². The van der Waals surface area contributed by atoms with E-state index in [9.17, 15) is 9.59 Å². The summed E-state index contributed by atoms with van der Waals surface area (Å²) in [6.07, 6.45) is 6.96. The highest BCUT2D eigenvalue weighted by molar-refractivity contribution is 7.18. The molecule has 2 N–H and O–H groups in total. The van der Waals surface area contributed by atoms with E-state index < -0.39 is 0 Å². The highest BCUT2D eigenvalue weighted by atomic mass is 32.1. The topological polar surface area (TPSA) is 87.7 Å². The van der Waals surface area contributed by atoms with Gasteiger partial charge in [-0.1, -0.05) is 13.3 Å². The maximum absolute atomic E-state index is 12.5. The van der Waals surface area contributed by atoms with Crippen molar-refractivity contribution in [2.45, 2.75) is 58.3 Å². The van der Waals surface area contributed by atoms with E-state index in [2.05, 4.69) is 27.2 Å². The third-order valence-electron chi connectivity index (χ3n) is 4.77. The summed E-state index contributed by atoms with van der Waals surface area (Å²) in [7, 11) is 0. The van der Waals surface area contributed by atoms with Gasteiger partial charge in [0.05, 0.1) is 11.1 Å². The van der Waals surface area contributed by atoms with Gasteiger partial charge in [-0.05, 0) is 37.7 Å². The van der Waals surface area contributed by atoms with E-state index in [0.717, 1.165) is 48.0 Å². The van der Waals surface area contributed by atoms with Crippen LogP contribution in [0.2, 0.25) is 0 Å². The van der Waals surface area contributed by atoms with Crippen LogP contribution in [0.3, 0.4) is 0 Å². The summed E-state index contributed by atoms with van der Waals surface area (Å²) < 4.78 is 0. The second-order valence-electron chi connectivity index (χ2n) is 6.85. The number of carbonyl (C=O) groups excluding carboxylic acids is 1. The van der Waals surface area contributed by atoms with Gasteiger partial charge in [0, 0.05) is 23.1 Å². The summed E-state index contributed by atoms with van der Waals surface area (Å²) in [6, 6.07) is 0. The minimum atomic E-state index is -0.111. The van der Waals surface area contributed by atoms with Gasteiger partial charge < -0.3 is 10.3 Å². The lowest BCUT2D eigenvalue weighted by molar-refractivity contribution is -0.116. The molecule has 0 fully saturated rings. The predicted octanol–water partition coefficient (Wildman–Crippen LogP) is 3.84. The molecule has 1 amide bonds. The van der Waals surface area contributed by atoms with E-state index in [1.807, 2.05) is 5.38 Å². The fourth-order valence-corrected chi connectivity index (χ4v) is 5.52. The molecule has 3 heterocycles. The van der Waals surface area contributed by atoms with Crippen LogP contribution in [0.25, 0.3) is 10.2 Å². The number of nitrogens with zero attached hydrogens (tertiary/aromatic N) is 2. The summed E-state index contributed by atoms with van der Waals surface area (Å²) in [5.74, 6) is 0.465. The van der Waals surface area contributed by atoms with Gasteiger partial charge in [-0.25, -0.2) is 9.97 Å². The molecule has 1 aliphatic rings. The van der Waals surface area contributed by atoms with Crippen molar-refractivity contribution in [2.24, 2.45) is 0 Å². The monoisotopic (exact) mass is 402 g/mol. The number of thiazole rings is 1. The summed E-state index contributed by atoms with van der Waals surface area (Å²) >= 11 is 3.08. The number of amides is 1. The van der Waals surface area contributed by atoms with Crippen molar-refractivity contribution in [1.82, 2.24) is 15.0 Å². The number of aryl methyl sites for hydroxylation is 4. The van der Waals surface area contributed by atoms with Gasteiger partial charge in [-0.15, -0.1) is 22.7 Å². The quantitative estimate of drug-likeness (QED) is 0.656. The Kier molecular flexibility index (Phi) is 5.36. The van der Waals surface area contributed by atoms with Gasteiger partial charge >= 0.3 is 0 Å². The molecule has 0 bridgehead atoms. The molecule has 142 valence electrons. The van der Waals surface area contributed by atoms with Crippen LogP contribution in [-0.4, -0.2) is 20.9 Å². The Morgan fingerprint density at radius 1 is 1.26 bits per heavy atom. The number of aromatic nitrogens is 3. The minimum absolute atomic E-state index is 0.0704. The van der Waals surface area contributed by atoms with E-state index in [0.29, 0.717) is 17.4 Å². The summed E-state index contributed by atoms with van der Waals surface area (Å²) in [5.41, 5.74) is 2.13. The first-order chi connectivity index (χ1) is 13.1. The van der Waals surface area contributed by atoms with Gasteiger partial charge in [0.15, 0.2) is 5.13 Å². The van der Waals surface area contributed by atoms with Crippen LogP contribution < -0.4 is 10.9 Å². The number of thiophene rings is 1. The van der Waals surface area contributed by atoms with Gasteiger partial charge in [0.1, 0.15) is 10.7 Å². The van der Waals surface area contributed by atoms with Crippen molar-refractivity contribution in [2.75, 3.05) is 5.32 Å². The van der Waals surface area contributed by atoms with Gasteiger partial charge in [-0.3, -0.25) is 9.59 Å².